The fourth-order valence-corrected chi connectivity index (χ4v) is 2.90. The van der Waals surface area contributed by atoms with Gasteiger partial charge in [-0.05, 0) is 25.0 Å². The van der Waals surface area contributed by atoms with Gasteiger partial charge in [0.15, 0.2) is 5.76 Å². The van der Waals surface area contributed by atoms with Crippen LogP contribution in [0.2, 0.25) is 0 Å². The first-order valence-corrected chi connectivity index (χ1v) is 8.28. The molecule has 3 amide bonds. The number of carbonyl (C=O) groups is 2. The first-order chi connectivity index (χ1) is 12.0. The number of hydrogen-bond acceptors (Lipinski definition) is 5. The molecule has 1 aliphatic heterocycles. The zero-order valence-electron chi connectivity index (χ0n) is 14.4. The Kier molecular flexibility index (Phi) is 5.06. The third-order valence-electron chi connectivity index (χ3n) is 4.21. The van der Waals surface area contributed by atoms with E-state index >= 15 is 0 Å². The molecule has 2 aromatic rings. The highest BCUT2D eigenvalue weighted by atomic mass is 16.5. The van der Waals surface area contributed by atoms with Gasteiger partial charge in [-0.2, -0.15) is 0 Å². The summed E-state index contributed by atoms with van der Waals surface area (Å²) >= 11 is 0. The van der Waals surface area contributed by atoms with Crippen LogP contribution in [0.1, 0.15) is 18.5 Å². The second-order valence-electron chi connectivity index (χ2n) is 6.34. The molecule has 1 N–H and O–H groups in total. The minimum absolute atomic E-state index is 0.0582. The van der Waals surface area contributed by atoms with E-state index in [0.717, 1.165) is 12.8 Å². The van der Waals surface area contributed by atoms with Crippen molar-refractivity contribution in [3.8, 4) is 11.5 Å². The van der Waals surface area contributed by atoms with E-state index in [1.165, 1.54) is 4.90 Å². The van der Waals surface area contributed by atoms with Gasteiger partial charge in [-0.3, -0.25) is 4.79 Å². The van der Waals surface area contributed by atoms with Gasteiger partial charge in [0.25, 0.3) is 0 Å². The summed E-state index contributed by atoms with van der Waals surface area (Å²) in [6.45, 7) is 1.41. The first kappa shape index (κ1) is 17.1. The van der Waals surface area contributed by atoms with Crippen LogP contribution in [0.5, 0.6) is 0 Å². The lowest BCUT2D eigenvalue weighted by atomic mass is 9.97. The quantitative estimate of drug-likeness (QED) is 0.913. The maximum absolute atomic E-state index is 12.4. The van der Waals surface area contributed by atoms with Crippen LogP contribution in [0.3, 0.4) is 0 Å². The minimum Gasteiger partial charge on any atom is -0.461 e. The van der Waals surface area contributed by atoms with E-state index in [9.17, 15) is 9.59 Å². The number of furan rings is 1. The highest BCUT2D eigenvalue weighted by Gasteiger charge is 2.29. The monoisotopic (exact) mass is 346 g/mol. The molecule has 25 heavy (non-hydrogen) atoms. The molecule has 0 aromatic carbocycles. The van der Waals surface area contributed by atoms with Gasteiger partial charge in [0.1, 0.15) is 5.69 Å². The third-order valence-corrected chi connectivity index (χ3v) is 4.21. The van der Waals surface area contributed by atoms with Gasteiger partial charge < -0.3 is 24.1 Å². The van der Waals surface area contributed by atoms with E-state index in [1.54, 1.807) is 43.5 Å². The summed E-state index contributed by atoms with van der Waals surface area (Å²) in [5.74, 6) is 0.845. The molecule has 8 heteroatoms. The molecule has 1 atom stereocenters. The van der Waals surface area contributed by atoms with E-state index in [2.05, 4.69) is 10.5 Å². The maximum Gasteiger partial charge on any atom is 0.319 e. The zero-order chi connectivity index (χ0) is 17.8. The summed E-state index contributed by atoms with van der Waals surface area (Å²) in [7, 11) is 3.43. The fraction of sp³-hybridized carbons (Fsp3) is 0.471. The number of aromatic nitrogens is 1. The van der Waals surface area contributed by atoms with Crippen molar-refractivity contribution in [1.82, 2.24) is 20.3 Å². The number of nitrogens with zero attached hydrogens (tertiary/aromatic N) is 3. The predicted molar refractivity (Wildman–Crippen MR) is 89.4 cm³/mol. The lowest BCUT2D eigenvalue weighted by molar-refractivity contribution is -0.126. The van der Waals surface area contributed by atoms with Crippen LogP contribution in [-0.4, -0.2) is 54.1 Å². The summed E-state index contributed by atoms with van der Waals surface area (Å²) < 4.78 is 10.5. The average molecular weight is 346 g/mol. The lowest BCUT2D eigenvalue weighted by Gasteiger charge is -2.33. The summed E-state index contributed by atoms with van der Waals surface area (Å²) in [6, 6.07) is 5.23. The Hall–Kier alpha value is -2.77. The molecule has 2 aromatic heterocycles. The van der Waals surface area contributed by atoms with E-state index < -0.39 is 0 Å². The lowest BCUT2D eigenvalue weighted by Crippen LogP contribution is -2.48. The Labute approximate surface area is 145 Å². The molecule has 3 heterocycles. The molecule has 0 radical (unpaired) electrons. The largest absolute Gasteiger partial charge is 0.461 e. The minimum atomic E-state index is -0.200. The SMILES string of the molecule is CN(C)C(=O)N1CCCC(C(=O)NCc2cc(-c3ccco3)on2)C1. The Morgan fingerprint density at radius 3 is 2.96 bits per heavy atom. The molecule has 1 fully saturated rings. The molecule has 8 nitrogen and oxygen atoms in total. The van der Waals surface area contributed by atoms with Crippen LogP contribution >= 0.6 is 0 Å². The van der Waals surface area contributed by atoms with Crippen LogP contribution in [0.4, 0.5) is 4.79 Å². The van der Waals surface area contributed by atoms with Crippen LogP contribution in [0, 0.1) is 5.92 Å². The number of carbonyl (C=O) groups excluding carboxylic acids is 2. The molecule has 134 valence electrons. The second kappa shape index (κ2) is 7.42. The van der Waals surface area contributed by atoms with E-state index in [0.29, 0.717) is 30.3 Å². The van der Waals surface area contributed by atoms with Gasteiger partial charge in [0.05, 0.1) is 18.7 Å². The number of piperidine rings is 1. The summed E-state index contributed by atoms with van der Waals surface area (Å²) in [4.78, 5) is 27.7. The number of rotatable bonds is 4. The molecule has 0 saturated carbocycles. The smallest absolute Gasteiger partial charge is 0.319 e. The van der Waals surface area contributed by atoms with Crippen LogP contribution in [0.15, 0.2) is 33.4 Å². The Balaban J connectivity index is 1.53. The molecule has 0 spiro atoms. The fourth-order valence-electron chi connectivity index (χ4n) is 2.90. The number of nitrogens with one attached hydrogen (secondary N) is 1. The standard InChI is InChI=1S/C17H22N4O4/c1-20(2)17(23)21-7-3-5-12(11-21)16(22)18-10-13-9-15(25-19-13)14-6-4-8-24-14/h4,6,8-9,12H,3,5,7,10-11H2,1-2H3,(H,18,22). The Bertz CT molecular complexity index is 723. The molecule has 1 saturated heterocycles. The molecule has 3 rings (SSSR count). The highest BCUT2D eigenvalue weighted by Crippen LogP contribution is 2.21. The van der Waals surface area contributed by atoms with Crippen LogP contribution < -0.4 is 5.32 Å². The highest BCUT2D eigenvalue weighted by molar-refractivity contribution is 5.80. The Morgan fingerprint density at radius 1 is 1.40 bits per heavy atom. The van der Waals surface area contributed by atoms with Crippen molar-refractivity contribution in [3.63, 3.8) is 0 Å². The second-order valence-corrected chi connectivity index (χ2v) is 6.34. The zero-order valence-corrected chi connectivity index (χ0v) is 14.4. The average Bonchev–Trinajstić information content (AvgIpc) is 3.30. The van der Waals surface area contributed by atoms with Crippen molar-refractivity contribution in [2.45, 2.75) is 19.4 Å². The number of urea groups is 1. The molecule has 1 unspecified atom stereocenters. The van der Waals surface area contributed by atoms with E-state index in [-0.39, 0.29) is 24.4 Å². The molecule has 0 bridgehead atoms. The summed E-state index contributed by atoms with van der Waals surface area (Å²) in [6.07, 6.45) is 3.16. The summed E-state index contributed by atoms with van der Waals surface area (Å²) in [5.41, 5.74) is 0.622. The van der Waals surface area contributed by atoms with Crippen molar-refractivity contribution in [3.05, 3.63) is 30.2 Å². The van der Waals surface area contributed by atoms with Gasteiger partial charge in [-0.1, -0.05) is 5.16 Å². The normalized spacial score (nSPS) is 17.4. The van der Waals surface area contributed by atoms with Crippen molar-refractivity contribution in [2.75, 3.05) is 27.2 Å². The summed E-state index contributed by atoms with van der Waals surface area (Å²) in [5, 5.41) is 6.81. The van der Waals surface area contributed by atoms with Gasteiger partial charge in [0, 0.05) is 33.3 Å². The Morgan fingerprint density at radius 2 is 2.24 bits per heavy atom. The van der Waals surface area contributed by atoms with Crippen LogP contribution in [-0.2, 0) is 11.3 Å². The molecular formula is C17H22N4O4. The maximum atomic E-state index is 12.4. The number of hydrogen-bond donors (Lipinski definition) is 1. The van der Waals surface area contributed by atoms with Gasteiger partial charge >= 0.3 is 6.03 Å². The third kappa shape index (κ3) is 4.01. The van der Waals surface area contributed by atoms with Gasteiger partial charge in [-0.25, -0.2) is 4.79 Å². The van der Waals surface area contributed by atoms with Crippen molar-refractivity contribution < 1.29 is 18.5 Å². The van der Waals surface area contributed by atoms with Crippen molar-refractivity contribution in [1.29, 1.82) is 0 Å². The molecule has 0 aliphatic carbocycles. The molecular weight excluding hydrogens is 324 g/mol. The van der Waals surface area contributed by atoms with E-state index in [1.807, 2.05) is 0 Å². The number of likely N-dealkylation sites (tertiary alicyclic amines) is 1. The van der Waals surface area contributed by atoms with E-state index in [4.69, 9.17) is 8.94 Å². The predicted octanol–water partition coefficient (Wildman–Crippen LogP) is 1.94. The topological polar surface area (TPSA) is 91.8 Å². The van der Waals surface area contributed by atoms with Gasteiger partial charge in [-0.15, -0.1) is 0 Å². The first-order valence-electron chi connectivity index (χ1n) is 8.28. The van der Waals surface area contributed by atoms with Crippen LogP contribution in [0.25, 0.3) is 11.5 Å². The van der Waals surface area contributed by atoms with Crippen molar-refractivity contribution in [2.24, 2.45) is 5.92 Å². The van der Waals surface area contributed by atoms with Gasteiger partial charge in [0.2, 0.25) is 11.7 Å². The number of amides is 3. The molecule has 1 aliphatic rings. The van der Waals surface area contributed by atoms with Crippen molar-refractivity contribution >= 4 is 11.9 Å².